The molecule has 0 aliphatic heterocycles. The second kappa shape index (κ2) is 14.8. The van der Waals surface area contributed by atoms with Crippen LogP contribution in [0.25, 0.3) is 21.7 Å². The molecule has 1 radical (unpaired) electrons. The van der Waals surface area contributed by atoms with Crippen LogP contribution < -0.4 is 15.2 Å². The van der Waals surface area contributed by atoms with Crippen molar-refractivity contribution in [1.29, 1.82) is 0 Å². The van der Waals surface area contributed by atoms with Crippen molar-refractivity contribution in [3.63, 3.8) is 0 Å². The molecule has 0 aliphatic carbocycles. The van der Waals surface area contributed by atoms with Gasteiger partial charge in [0.1, 0.15) is 4.75 Å². The van der Waals surface area contributed by atoms with Crippen LogP contribution in [0.1, 0.15) is 43.4 Å². The number of para-hydroxylation sites is 1. The largest absolute Gasteiger partial charge is 0.599 e. The fraction of sp³-hybridized carbons (Fsp3) is 0.143. The van der Waals surface area contributed by atoms with Gasteiger partial charge in [-0.15, -0.1) is 0 Å². The Morgan fingerprint density at radius 1 is 0.725 bits per heavy atom. The molecule has 2 unspecified atom stereocenters. The van der Waals surface area contributed by atoms with Crippen LogP contribution >= 0.6 is 7.92 Å². The molecular formula is C42H39BN2O3PS2. The normalized spacial score (nSPS) is 13.4. The van der Waals surface area contributed by atoms with Gasteiger partial charge >= 0.3 is 0 Å². The molecule has 7 rings (SSSR count). The van der Waals surface area contributed by atoms with E-state index in [-0.39, 0.29) is 4.90 Å². The minimum Gasteiger partial charge on any atom is -0.599 e. The molecular weight excluding hydrogens is 686 g/mol. The van der Waals surface area contributed by atoms with Crippen molar-refractivity contribution in [3.8, 4) is 0 Å². The zero-order valence-electron chi connectivity index (χ0n) is 28.8. The van der Waals surface area contributed by atoms with E-state index in [4.69, 9.17) is 0 Å². The minimum atomic E-state index is -4.06. The smallest absolute Gasteiger partial charge is 0.285 e. The summed E-state index contributed by atoms with van der Waals surface area (Å²) in [5.41, 5.74) is 3.16. The summed E-state index contributed by atoms with van der Waals surface area (Å²) in [7, 11) is -3.21. The predicted molar refractivity (Wildman–Crippen MR) is 216 cm³/mol. The van der Waals surface area contributed by atoms with Crippen molar-refractivity contribution in [2.45, 2.75) is 42.4 Å². The zero-order valence-corrected chi connectivity index (χ0v) is 31.3. The molecule has 0 saturated carbocycles. The maximum absolute atomic E-state index is 15.0. The molecule has 0 amide bonds. The lowest BCUT2D eigenvalue weighted by Crippen LogP contribution is -2.43. The molecule has 1 N–H and O–H groups in total. The first kappa shape index (κ1) is 35.2. The van der Waals surface area contributed by atoms with E-state index in [1.807, 2.05) is 107 Å². The lowest BCUT2D eigenvalue weighted by molar-refractivity contribution is 0.556. The summed E-state index contributed by atoms with van der Waals surface area (Å²) >= 11 is -1.41. The summed E-state index contributed by atoms with van der Waals surface area (Å²) in [5.74, 6) is -0.448. The van der Waals surface area contributed by atoms with E-state index in [1.54, 1.807) is 28.2 Å². The lowest BCUT2D eigenvalue weighted by Gasteiger charge is -2.27. The Balaban J connectivity index is 1.54. The molecule has 0 bridgehead atoms. The van der Waals surface area contributed by atoms with Gasteiger partial charge in [-0.3, -0.25) is 0 Å². The molecule has 7 aromatic rings. The quantitative estimate of drug-likeness (QED) is 0.0826. The molecule has 1 aromatic heterocycles. The number of nitrogens with one attached hydrogen (secondary N) is 1. The first-order valence-corrected chi connectivity index (χ1v) is 21.1. The van der Waals surface area contributed by atoms with Gasteiger partial charge in [-0.05, 0) is 79.4 Å². The van der Waals surface area contributed by atoms with Crippen LogP contribution in [-0.2, 0) is 27.5 Å². The number of hydrogen-bond acceptors (Lipinski definition) is 4. The molecule has 1 heterocycles. The molecule has 6 aromatic carbocycles. The lowest BCUT2D eigenvalue weighted by atomic mass is 9.67. The van der Waals surface area contributed by atoms with Crippen LogP contribution in [0.15, 0.2) is 163 Å². The number of aromatic nitrogens is 1. The Morgan fingerprint density at radius 2 is 1.27 bits per heavy atom. The molecule has 255 valence electrons. The number of nitrogens with zero attached hydrogens (tertiary/aromatic N) is 1. The van der Waals surface area contributed by atoms with Crippen molar-refractivity contribution >= 4 is 69.0 Å². The van der Waals surface area contributed by atoms with Gasteiger partial charge in [0.15, 0.2) is 0 Å². The van der Waals surface area contributed by atoms with E-state index in [0.717, 1.165) is 37.9 Å². The van der Waals surface area contributed by atoms with Gasteiger partial charge in [-0.2, -0.15) is 4.63 Å². The van der Waals surface area contributed by atoms with Gasteiger partial charge in [0.25, 0.3) is 17.4 Å². The zero-order chi connectivity index (χ0) is 35.6. The second-order valence-corrected chi connectivity index (χ2v) is 19.5. The first-order valence-electron chi connectivity index (χ1n) is 16.9. The highest BCUT2D eigenvalue weighted by molar-refractivity contribution is 7.91. The van der Waals surface area contributed by atoms with Crippen molar-refractivity contribution < 1.29 is 13.0 Å². The standard InChI is InChI=1S/C42H39BN2O3PS2/c1-42(2,3)50(46)44-43-41(33-28-27-31-17-13-14-18-32(31)29-33)40-37-25-15-16-26-38(37)45(51(47,48)36-23-11-6-12-24-36)39(40)30-49(34-19-7-4-8-20-34)35-21-9-5-10-22-35/h4-29,41,44H,30H2,1-3H3. The molecule has 2 atom stereocenters. The third-order valence-corrected chi connectivity index (χ3v) is 14.7. The van der Waals surface area contributed by atoms with Crippen LogP contribution in [0.2, 0.25) is 0 Å². The van der Waals surface area contributed by atoms with E-state index < -0.39 is 39.9 Å². The van der Waals surface area contributed by atoms with E-state index in [1.165, 1.54) is 0 Å². The number of rotatable bonds is 11. The van der Waals surface area contributed by atoms with E-state index in [2.05, 4.69) is 59.2 Å². The van der Waals surface area contributed by atoms with Gasteiger partial charge < -0.3 is 4.55 Å². The monoisotopic (exact) mass is 725 g/mol. The topological polar surface area (TPSA) is 74.2 Å². The van der Waals surface area contributed by atoms with E-state index >= 15 is 0 Å². The highest BCUT2D eigenvalue weighted by Crippen LogP contribution is 2.45. The highest BCUT2D eigenvalue weighted by atomic mass is 32.2. The van der Waals surface area contributed by atoms with Crippen LogP contribution in [0.3, 0.4) is 0 Å². The molecule has 51 heavy (non-hydrogen) atoms. The first-order chi connectivity index (χ1) is 24.6. The summed E-state index contributed by atoms with van der Waals surface area (Å²) in [6.45, 7) is 5.81. The Hall–Kier alpha value is -4.17. The number of benzene rings is 6. The second-order valence-electron chi connectivity index (χ2n) is 13.5. The van der Waals surface area contributed by atoms with Crippen LogP contribution in [0.5, 0.6) is 0 Å². The SMILES string of the molecule is CC(C)(C)[S+]([O-])N[B]C(c1ccc2ccccc2c1)c1c(CP(c2ccccc2)c2ccccc2)n(S(=O)(=O)c2ccccc2)c2ccccc12. The highest BCUT2D eigenvalue weighted by Gasteiger charge is 2.35. The van der Waals surface area contributed by atoms with E-state index in [9.17, 15) is 13.0 Å². The third-order valence-electron chi connectivity index (χ3n) is 9.04. The third kappa shape index (κ3) is 7.30. The van der Waals surface area contributed by atoms with Gasteiger partial charge in [-0.25, -0.2) is 12.4 Å². The Labute approximate surface area is 306 Å². The Kier molecular flexibility index (Phi) is 10.2. The Morgan fingerprint density at radius 3 is 1.90 bits per heavy atom. The van der Waals surface area contributed by atoms with Gasteiger partial charge in [0, 0.05) is 34.4 Å². The van der Waals surface area contributed by atoms with E-state index in [0.29, 0.717) is 17.4 Å². The molecule has 0 fully saturated rings. The maximum atomic E-state index is 15.0. The fourth-order valence-corrected chi connectivity index (χ4v) is 11.1. The summed E-state index contributed by atoms with van der Waals surface area (Å²) in [5, 5.41) is 5.31. The van der Waals surface area contributed by atoms with Crippen molar-refractivity contribution in [2.75, 3.05) is 0 Å². The van der Waals surface area contributed by atoms with Crippen LogP contribution in [0, 0.1) is 0 Å². The molecule has 0 spiro atoms. The van der Waals surface area contributed by atoms with Crippen molar-refractivity contribution in [2.24, 2.45) is 0 Å². The Bertz CT molecular complexity index is 2340. The van der Waals surface area contributed by atoms with Gasteiger partial charge in [0.2, 0.25) is 0 Å². The fourth-order valence-electron chi connectivity index (χ4n) is 6.51. The minimum absolute atomic E-state index is 0.223. The molecule has 9 heteroatoms. The average molecular weight is 726 g/mol. The van der Waals surface area contributed by atoms with Crippen LogP contribution in [-0.4, -0.2) is 29.1 Å². The van der Waals surface area contributed by atoms with Gasteiger partial charge in [-0.1, -0.05) is 140 Å². The predicted octanol–water partition coefficient (Wildman–Crippen LogP) is 8.42. The van der Waals surface area contributed by atoms with Crippen molar-refractivity contribution in [1.82, 2.24) is 8.61 Å². The molecule has 0 saturated heterocycles. The van der Waals surface area contributed by atoms with Crippen LogP contribution in [0.4, 0.5) is 0 Å². The van der Waals surface area contributed by atoms with Gasteiger partial charge in [0.05, 0.1) is 10.4 Å². The number of fused-ring (bicyclic) bond motifs is 2. The summed E-state index contributed by atoms with van der Waals surface area (Å²) in [6, 6.07) is 51.8. The maximum Gasteiger partial charge on any atom is 0.285 e. The number of hydrogen-bond donors (Lipinski definition) is 1. The average Bonchev–Trinajstić information content (AvgIpc) is 3.48. The van der Waals surface area contributed by atoms with Crippen molar-refractivity contribution in [3.05, 3.63) is 175 Å². The molecule has 5 nitrogen and oxygen atoms in total. The summed E-state index contributed by atoms with van der Waals surface area (Å²) < 4.78 is 47.8. The summed E-state index contributed by atoms with van der Waals surface area (Å²) in [6.07, 6.45) is 0.458. The molecule has 0 aliphatic rings. The summed E-state index contributed by atoms with van der Waals surface area (Å²) in [4.78, 5) is 0.223.